The number of rotatable bonds is 0. The zero-order chi connectivity index (χ0) is 6.06. The van der Waals surface area contributed by atoms with Crippen LogP contribution < -0.4 is 0 Å². The normalized spacial score (nSPS) is 52.3. The van der Waals surface area contributed by atoms with Crippen molar-refractivity contribution in [3.8, 4) is 0 Å². The van der Waals surface area contributed by atoms with E-state index in [1.54, 1.807) is 12.0 Å². The number of allylic oxidation sites excluding steroid dienone is 2. The molecule has 0 aromatic rings. The number of hydrogen-bond acceptors (Lipinski definition) is 0. The standard InChI is InChI=1S/C9H12/c1-6-2-3-7-4-9(7)5-8(6)9/h7H,2-5H2,1H3. The maximum Gasteiger partial charge on any atom is -0.00162 e. The maximum atomic E-state index is 2.33. The first-order valence-electron chi connectivity index (χ1n) is 4.02. The maximum absolute atomic E-state index is 2.33. The lowest BCUT2D eigenvalue weighted by atomic mass is 10.0. The second-order valence-corrected chi connectivity index (χ2v) is 4.03. The van der Waals surface area contributed by atoms with Gasteiger partial charge in [-0.2, -0.15) is 0 Å². The SMILES string of the molecule is CC1=C2CC23CC3CC1. The molecule has 0 aromatic carbocycles. The van der Waals surface area contributed by atoms with Crippen LogP contribution in [-0.2, 0) is 0 Å². The van der Waals surface area contributed by atoms with Crippen molar-refractivity contribution >= 4 is 0 Å². The van der Waals surface area contributed by atoms with E-state index in [0.29, 0.717) is 0 Å². The molecular formula is C9H12. The first-order chi connectivity index (χ1) is 4.33. The van der Waals surface area contributed by atoms with Crippen LogP contribution in [0, 0.1) is 11.3 Å². The van der Waals surface area contributed by atoms with Crippen molar-refractivity contribution in [3.05, 3.63) is 11.1 Å². The summed E-state index contributed by atoms with van der Waals surface area (Å²) in [6.07, 6.45) is 5.97. The lowest BCUT2D eigenvalue weighted by Gasteiger charge is -2.04. The van der Waals surface area contributed by atoms with Gasteiger partial charge in [-0.15, -0.1) is 0 Å². The summed E-state index contributed by atoms with van der Waals surface area (Å²) < 4.78 is 0. The van der Waals surface area contributed by atoms with E-state index in [9.17, 15) is 0 Å². The minimum Gasteiger partial charge on any atom is -0.0735 e. The summed E-state index contributed by atoms with van der Waals surface area (Å²) in [4.78, 5) is 0. The fourth-order valence-corrected chi connectivity index (χ4v) is 2.73. The lowest BCUT2D eigenvalue weighted by molar-refractivity contribution is 0.631. The van der Waals surface area contributed by atoms with Crippen molar-refractivity contribution in [2.75, 3.05) is 0 Å². The highest BCUT2D eigenvalue weighted by atomic mass is 14.7. The van der Waals surface area contributed by atoms with Crippen molar-refractivity contribution in [1.29, 1.82) is 0 Å². The van der Waals surface area contributed by atoms with Gasteiger partial charge in [0.25, 0.3) is 0 Å². The van der Waals surface area contributed by atoms with Crippen molar-refractivity contribution in [1.82, 2.24) is 0 Å². The Morgan fingerprint density at radius 2 is 2.44 bits per heavy atom. The molecule has 0 aliphatic heterocycles. The zero-order valence-electron chi connectivity index (χ0n) is 5.91. The smallest absolute Gasteiger partial charge is 0.00162 e. The Bertz CT molecular complexity index is 212. The Labute approximate surface area is 56.0 Å². The summed E-state index contributed by atoms with van der Waals surface area (Å²) in [5.74, 6) is 1.15. The molecule has 2 saturated carbocycles. The molecule has 0 bridgehead atoms. The van der Waals surface area contributed by atoms with E-state index >= 15 is 0 Å². The van der Waals surface area contributed by atoms with Crippen LogP contribution in [0.3, 0.4) is 0 Å². The Kier molecular flexibility index (Phi) is 0.505. The molecular weight excluding hydrogens is 108 g/mol. The first kappa shape index (κ1) is 4.54. The number of hydrogen-bond donors (Lipinski definition) is 0. The van der Waals surface area contributed by atoms with Crippen LogP contribution in [0.5, 0.6) is 0 Å². The predicted octanol–water partition coefficient (Wildman–Crippen LogP) is 2.51. The fourth-order valence-electron chi connectivity index (χ4n) is 2.73. The molecule has 0 nitrogen and oxygen atoms in total. The van der Waals surface area contributed by atoms with Crippen molar-refractivity contribution < 1.29 is 0 Å². The molecule has 0 amide bonds. The molecule has 2 fully saturated rings. The van der Waals surface area contributed by atoms with E-state index in [1.807, 2.05) is 5.57 Å². The Morgan fingerprint density at radius 1 is 1.56 bits per heavy atom. The van der Waals surface area contributed by atoms with Gasteiger partial charge in [-0.05, 0) is 43.9 Å². The molecule has 0 N–H and O–H groups in total. The Morgan fingerprint density at radius 3 is 3.22 bits per heavy atom. The lowest BCUT2D eigenvalue weighted by Crippen LogP contribution is -1.90. The molecule has 0 heterocycles. The summed E-state index contributed by atoms with van der Waals surface area (Å²) >= 11 is 0. The molecule has 0 radical (unpaired) electrons. The molecule has 48 valence electrons. The molecule has 3 rings (SSSR count). The molecule has 0 aromatic heterocycles. The summed E-state index contributed by atoms with van der Waals surface area (Å²) in [5.41, 5.74) is 4.46. The second-order valence-electron chi connectivity index (χ2n) is 4.03. The summed E-state index contributed by atoms with van der Waals surface area (Å²) in [6.45, 7) is 2.33. The average Bonchev–Trinajstić information content (AvgIpc) is 2.64. The van der Waals surface area contributed by atoms with Gasteiger partial charge in [0.1, 0.15) is 0 Å². The van der Waals surface area contributed by atoms with Gasteiger partial charge < -0.3 is 0 Å². The molecule has 3 aliphatic carbocycles. The van der Waals surface area contributed by atoms with E-state index in [-0.39, 0.29) is 0 Å². The zero-order valence-corrected chi connectivity index (χ0v) is 5.91. The van der Waals surface area contributed by atoms with E-state index in [1.165, 1.54) is 19.3 Å². The summed E-state index contributed by atoms with van der Waals surface area (Å²) in [5, 5.41) is 0. The van der Waals surface area contributed by atoms with E-state index in [2.05, 4.69) is 6.92 Å². The molecule has 0 heteroatoms. The van der Waals surface area contributed by atoms with Gasteiger partial charge in [-0.25, -0.2) is 0 Å². The third kappa shape index (κ3) is 0.357. The molecule has 3 aliphatic rings. The topological polar surface area (TPSA) is 0 Å². The Balaban J connectivity index is 2.13. The minimum absolute atomic E-state index is 0.863. The largest absolute Gasteiger partial charge is 0.0735 e. The van der Waals surface area contributed by atoms with Crippen LogP contribution in [0.2, 0.25) is 0 Å². The van der Waals surface area contributed by atoms with Crippen LogP contribution in [0.15, 0.2) is 11.1 Å². The minimum atomic E-state index is 0.863. The third-order valence-electron chi connectivity index (χ3n) is 3.58. The average molecular weight is 120 g/mol. The van der Waals surface area contributed by atoms with Gasteiger partial charge in [-0.1, -0.05) is 11.1 Å². The monoisotopic (exact) mass is 120 g/mol. The van der Waals surface area contributed by atoms with Gasteiger partial charge >= 0.3 is 0 Å². The van der Waals surface area contributed by atoms with Gasteiger partial charge in [0, 0.05) is 0 Å². The second kappa shape index (κ2) is 1.00. The highest BCUT2D eigenvalue weighted by Crippen LogP contribution is 2.78. The van der Waals surface area contributed by atoms with Gasteiger partial charge in [0.05, 0.1) is 0 Å². The van der Waals surface area contributed by atoms with Crippen molar-refractivity contribution in [2.45, 2.75) is 32.6 Å². The molecule has 2 atom stereocenters. The van der Waals surface area contributed by atoms with Crippen LogP contribution in [0.25, 0.3) is 0 Å². The van der Waals surface area contributed by atoms with Crippen LogP contribution in [0.1, 0.15) is 32.6 Å². The molecule has 9 heavy (non-hydrogen) atoms. The van der Waals surface area contributed by atoms with Crippen LogP contribution in [0.4, 0.5) is 0 Å². The van der Waals surface area contributed by atoms with Gasteiger partial charge in [0.2, 0.25) is 0 Å². The molecule has 0 saturated heterocycles. The summed E-state index contributed by atoms with van der Waals surface area (Å²) in [6, 6.07) is 0. The quantitative estimate of drug-likeness (QED) is 0.431. The van der Waals surface area contributed by atoms with Gasteiger partial charge in [0.15, 0.2) is 0 Å². The highest BCUT2D eigenvalue weighted by molar-refractivity contribution is 5.47. The first-order valence-corrected chi connectivity index (χ1v) is 4.02. The van der Waals surface area contributed by atoms with Crippen molar-refractivity contribution in [2.24, 2.45) is 11.3 Å². The van der Waals surface area contributed by atoms with E-state index in [0.717, 1.165) is 11.3 Å². The predicted molar refractivity (Wildman–Crippen MR) is 37.1 cm³/mol. The third-order valence-corrected chi connectivity index (χ3v) is 3.58. The van der Waals surface area contributed by atoms with Crippen LogP contribution in [-0.4, -0.2) is 0 Å². The van der Waals surface area contributed by atoms with Crippen LogP contribution >= 0.6 is 0 Å². The Hall–Kier alpha value is -0.260. The van der Waals surface area contributed by atoms with E-state index < -0.39 is 0 Å². The highest BCUT2D eigenvalue weighted by Gasteiger charge is 2.68. The van der Waals surface area contributed by atoms with Crippen molar-refractivity contribution in [3.63, 3.8) is 0 Å². The summed E-state index contributed by atoms with van der Waals surface area (Å²) in [7, 11) is 0. The fraction of sp³-hybridized carbons (Fsp3) is 0.778. The van der Waals surface area contributed by atoms with E-state index in [4.69, 9.17) is 0 Å². The molecule has 1 spiro atoms. The van der Waals surface area contributed by atoms with Gasteiger partial charge in [-0.3, -0.25) is 0 Å². The molecule has 2 unspecified atom stereocenters.